The van der Waals surface area contributed by atoms with Gasteiger partial charge >= 0.3 is 12.2 Å². The molecule has 2 N–H and O–H groups in total. The van der Waals surface area contributed by atoms with Gasteiger partial charge in [0.1, 0.15) is 13.2 Å². The summed E-state index contributed by atoms with van der Waals surface area (Å²) in [6, 6.07) is 31.3. The van der Waals surface area contributed by atoms with Crippen LogP contribution >= 0.6 is 0 Å². The fourth-order valence-electron chi connectivity index (χ4n) is 6.71. The minimum Gasteiger partial charge on any atom is -0.444 e. The van der Waals surface area contributed by atoms with Gasteiger partial charge in [0.05, 0.1) is 23.6 Å². The number of hydrogen-bond acceptors (Lipinski definition) is 6. The number of carbonyl (C=O) groups excluding carboxylic acids is 2. The fourth-order valence-corrected chi connectivity index (χ4v) is 6.71. The number of ether oxygens (including phenoxy) is 2. The molecule has 4 aromatic rings. The maximum absolute atomic E-state index is 12.6. The van der Waals surface area contributed by atoms with E-state index in [1.54, 1.807) is 9.80 Å². The fraction of sp³-hybridized carbons (Fsp3) is 0.409. The molecule has 2 atom stereocenters. The normalized spacial score (nSPS) is 16.9. The van der Waals surface area contributed by atoms with Crippen molar-refractivity contribution in [3.05, 3.63) is 130 Å². The third-order valence-corrected chi connectivity index (χ3v) is 9.06. The van der Waals surface area contributed by atoms with Crippen molar-refractivity contribution >= 4 is 23.6 Å². The Morgan fingerprint density at radius 3 is 1.29 bits per heavy atom. The van der Waals surface area contributed by atoms with E-state index in [1.807, 2.05) is 97.1 Å². The molecule has 0 saturated heterocycles. The molecular weight excluding hydrogens is 652 g/mol. The second-order valence-electron chi connectivity index (χ2n) is 16.3. The predicted molar refractivity (Wildman–Crippen MR) is 206 cm³/mol. The lowest BCUT2D eigenvalue weighted by molar-refractivity contribution is 0.136. The van der Waals surface area contributed by atoms with E-state index >= 15 is 0 Å². The molecule has 0 radical (unpaired) electrons. The molecule has 0 aromatic heterocycles. The highest BCUT2D eigenvalue weighted by molar-refractivity contribution is 5.90. The molecular formula is C44H54N2O6. The summed E-state index contributed by atoms with van der Waals surface area (Å²) in [7, 11) is 0. The van der Waals surface area contributed by atoms with Gasteiger partial charge in [-0.05, 0) is 70.9 Å². The van der Waals surface area contributed by atoms with E-state index in [2.05, 4.69) is 41.5 Å². The van der Waals surface area contributed by atoms with E-state index in [9.17, 15) is 19.8 Å². The number of benzene rings is 4. The molecule has 2 unspecified atom stereocenters. The van der Waals surface area contributed by atoms with Crippen LogP contribution in [0.15, 0.2) is 97.1 Å². The van der Waals surface area contributed by atoms with Crippen LogP contribution in [-0.4, -0.2) is 35.5 Å². The number of aliphatic hydroxyl groups excluding tert-OH is 2. The van der Waals surface area contributed by atoms with E-state index in [4.69, 9.17) is 9.47 Å². The zero-order valence-corrected chi connectivity index (χ0v) is 31.5. The highest BCUT2D eigenvalue weighted by Gasteiger charge is 2.30. The van der Waals surface area contributed by atoms with Gasteiger partial charge in [0.25, 0.3) is 0 Å². The van der Waals surface area contributed by atoms with Crippen molar-refractivity contribution in [1.82, 2.24) is 0 Å². The molecule has 8 heteroatoms. The predicted octanol–water partition coefficient (Wildman–Crippen LogP) is 9.71. The molecule has 2 aliphatic rings. The zero-order chi connectivity index (χ0) is 37.5. The molecule has 0 bridgehead atoms. The molecule has 0 spiro atoms. The molecule has 2 aliphatic heterocycles. The average molecular weight is 707 g/mol. The standard InChI is InChI=1S/2C22H27NO3/c2*1-22(2,3)14-17-9-10-19-18(13-17)20(24)11-12-23(19)21(25)26-15-16-7-5-4-6-8-16/h2*4-10,13,20,24H,11-12,14-15H2,1-3H3. The topological polar surface area (TPSA) is 99.5 Å². The summed E-state index contributed by atoms with van der Waals surface area (Å²) in [6.45, 7) is 14.6. The van der Waals surface area contributed by atoms with Crippen LogP contribution in [0.4, 0.5) is 21.0 Å². The molecule has 2 heterocycles. The van der Waals surface area contributed by atoms with Crippen molar-refractivity contribution in [3.63, 3.8) is 0 Å². The van der Waals surface area contributed by atoms with Gasteiger partial charge in [0.15, 0.2) is 0 Å². The van der Waals surface area contributed by atoms with Crippen molar-refractivity contribution in [2.45, 2.75) is 92.6 Å². The molecule has 0 aliphatic carbocycles. The van der Waals surface area contributed by atoms with Gasteiger partial charge < -0.3 is 19.7 Å². The number of rotatable bonds is 6. The van der Waals surface area contributed by atoms with Crippen LogP contribution in [0.25, 0.3) is 0 Å². The highest BCUT2D eigenvalue weighted by Crippen LogP contribution is 2.37. The highest BCUT2D eigenvalue weighted by atomic mass is 16.6. The number of carbonyl (C=O) groups is 2. The lowest BCUT2D eigenvalue weighted by Crippen LogP contribution is -2.37. The minimum absolute atomic E-state index is 0.169. The second kappa shape index (κ2) is 16.8. The van der Waals surface area contributed by atoms with Crippen molar-refractivity contribution in [2.24, 2.45) is 10.8 Å². The summed E-state index contributed by atoms with van der Waals surface area (Å²) in [4.78, 5) is 28.4. The number of amides is 2. The van der Waals surface area contributed by atoms with Crippen LogP contribution in [-0.2, 0) is 35.5 Å². The number of hydrogen-bond donors (Lipinski definition) is 2. The third kappa shape index (κ3) is 10.7. The van der Waals surface area contributed by atoms with Gasteiger partial charge in [-0.1, -0.05) is 126 Å². The van der Waals surface area contributed by atoms with Crippen LogP contribution < -0.4 is 9.80 Å². The Labute approximate surface area is 309 Å². The molecule has 0 fully saturated rings. The number of fused-ring (bicyclic) bond motifs is 2. The Morgan fingerprint density at radius 1 is 0.577 bits per heavy atom. The largest absolute Gasteiger partial charge is 0.444 e. The molecule has 8 nitrogen and oxygen atoms in total. The van der Waals surface area contributed by atoms with Crippen LogP contribution in [0.5, 0.6) is 0 Å². The van der Waals surface area contributed by atoms with Crippen molar-refractivity contribution < 1.29 is 29.3 Å². The Kier molecular flexibility index (Phi) is 12.4. The Balaban J connectivity index is 0.000000201. The van der Waals surface area contributed by atoms with Gasteiger partial charge in [0.2, 0.25) is 0 Å². The summed E-state index contributed by atoms with van der Waals surface area (Å²) in [6.07, 6.45) is 1.07. The molecule has 4 aromatic carbocycles. The van der Waals surface area contributed by atoms with Crippen LogP contribution in [0.3, 0.4) is 0 Å². The number of anilines is 2. The zero-order valence-electron chi connectivity index (χ0n) is 31.5. The van der Waals surface area contributed by atoms with E-state index in [1.165, 1.54) is 11.1 Å². The summed E-state index contributed by atoms with van der Waals surface area (Å²) in [5.41, 5.74) is 7.73. The van der Waals surface area contributed by atoms with Crippen molar-refractivity contribution in [1.29, 1.82) is 0 Å². The lowest BCUT2D eigenvalue weighted by Gasteiger charge is -2.32. The molecule has 0 saturated carbocycles. The first-order valence-corrected chi connectivity index (χ1v) is 18.2. The van der Waals surface area contributed by atoms with Gasteiger partial charge in [-0.3, -0.25) is 9.80 Å². The smallest absolute Gasteiger partial charge is 0.414 e. The van der Waals surface area contributed by atoms with Gasteiger partial charge in [0, 0.05) is 24.2 Å². The second-order valence-corrected chi connectivity index (χ2v) is 16.3. The van der Waals surface area contributed by atoms with Crippen LogP contribution in [0.2, 0.25) is 0 Å². The number of nitrogens with zero attached hydrogens (tertiary/aromatic N) is 2. The maximum Gasteiger partial charge on any atom is 0.414 e. The first-order valence-electron chi connectivity index (χ1n) is 18.2. The maximum atomic E-state index is 12.6. The van der Waals surface area contributed by atoms with E-state index in [0.29, 0.717) is 25.9 Å². The SMILES string of the molecule is CC(C)(C)Cc1ccc2c(c1)C(O)CCN2C(=O)OCc1ccccc1.CC(C)(C)Cc1ccc2c(c1)C(O)CCN2C(=O)OCc1ccccc1. The Morgan fingerprint density at radius 2 is 0.942 bits per heavy atom. The van der Waals surface area contributed by atoms with Gasteiger partial charge in [-0.2, -0.15) is 0 Å². The van der Waals surface area contributed by atoms with E-state index in [0.717, 1.165) is 46.5 Å². The molecule has 6 rings (SSSR count). The first-order chi connectivity index (χ1) is 24.7. The quantitative estimate of drug-likeness (QED) is 0.207. The monoisotopic (exact) mass is 706 g/mol. The molecule has 2 amide bonds. The third-order valence-electron chi connectivity index (χ3n) is 9.06. The molecule has 276 valence electrons. The minimum atomic E-state index is -0.539. The average Bonchev–Trinajstić information content (AvgIpc) is 3.10. The van der Waals surface area contributed by atoms with E-state index in [-0.39, 0.29) is 36.2 Å². The summed E-state index contributed by atoms with van der Waals surface area (Å²) < 4.78 is 11.0. The first kappa shape index (κ1) is 38.6. The van der Waals surface area contributed by atoms with Crippen LogP contribution in [0, 0.1) is 10.8 Å². The number of aliphatic hydroxyl groups is 2. The van der Waals surface area contributed by atoms with E-state index < -0.39 is 12.2 Å². The molecule has 52 heavy (non-hydrogen) atoms. The summed E-state index contributed by atoms with van der Waals surface area (Å²) in [5.74, 6) is 0. The van der Waals surface area contributed by atoms with Crippen LogP contribution in [0.1, 0.15) is 100.0 Å². The Bertz CT molecular complexity index is 1660. The van der Waals surface area contributed by atoms with Crippen molar-refractivity contribution in [3.8, 4) is 0 Å². The van der Waals surface area contributed by atoms with Gasteiger partial charge in [-0.15, -0.1) is 0 Å². The lowest BCUT2D eigenvalue weighted by atomic mass is 9.86. The summed E-state index contributed by atoms with van der Waals surface area (Å²) in [5, 5.41) is 20.8. The Hall–Kier alpha value is -4.66. The summed E-state index contributed by atoms with van der Waals surface area (Å²) >= 11 is 0. The van der Waals surface area contributed by atoms with Gasteiger partial charge in [-0.25, -0.2) is 9.59 Å². The van der Waals surface area contributed by atoms with Crippen molar-refractivity contribution in [2.75, 3.05) is 22.9 Å².